The summed E-state index contributed by atoms with van der Waals surface area (Å²) in [5.74, 6) is -1.75. The number of hydrogen-bond donors (Lipinski definition) is 1. The van der Waals surface area contributed by atoms with Crippen LogP contribution in [0.1, 0.15) is 88.8 Å². The minimum atomic E-state index is -4.35. The van der Waals surface area contributed by atoms with Crippen molar-refractivity contribution in [2.24, 2.45) is 0 Å². The molecule has 1 amide bonds. The van der Waals surface area contributed by atoms with E-state index in [4.69, 9.17) is 4.43 Å². The summed E-state index contributed by atoms with van der Waals surface area (Å²) in [4.78, 5) is 16.5. The summed E-state index contributed by atoms with van der Waals surface area (Å²) in [5.41, 5.74) is 2.38. The molecule has 4 rings (SSSR count). The van der Waals surface area contributed by atoms with Gasteiger partial charge in [-0.2, -0.15) is 0 Å². The summed E-state index contributed by atoms with van der Waals surface area (Å²) in [6.07, 6.45) is 1.48. The fourth-order valence-corrected chi connectivity index (χ4v) is 9.93. The predicted octanol–water partition coefficient (Wildman–Crippen LogP) is 6.94. The number of thiazole rings is 1. The lowest BCUT2D eigenvalue weighted by Gasteiger charge is -2.23. The van der Waals surface area contributed by atoms with Gasteiger partial charge in [0.05, 0.1) is 11.5 Å². The van der Waals surface area contributed by atoms with Crippen molar-refractivity contribution in [2.75, 3.05) is 5.32 Å². The third-order valence-corrected chi connectivity index (χ3v) is 12.6. The Morgan fingerprint density at radius 1 is 1.00 bits per heavy atom. The first-order valence-corrected chi connectivity index (χ1v) is 18.3. The molecular formula is C34H40FN2O4S2Si. The molecule has 0 aliphatic rings. The number of sulfone groups is 1. The van der Waals surface area contributed by atoms with Crippen LogP contribution in [0, 0.1) is 5.82 Å². The first-order valence-electron chi connectivity index (χ1n) is 14.6. The Bertz CT molecular complexity index is 1730. The molecule has 0 unspecified atom stereocenters. The second kappa shape index (κ2) is 13.4. The van der Waals surface area contributed by atoms with Gasteiger partial charge in [0, 0.05) is 24.4 Å². The number of hydrogen-bond acceptors (Lipinski definition) is 6. The number of anilines is 1. The number of nitrogens with zero attached hydrogens (tertiary/aromatic N) is 1. The monoisotopic (exact) mass is 651 g/mol. The van der Waals surface area contributed by atoms with Crippen LogP contribution in [0.25, 0.3) is 0 Å². The summed E-state index contributed by atoms with van der Waals surface area (Å²) < 4.78 is 50.0. The highest BCUT2D eigenvalue weighted by Crippen LogP contribution is 2.41. The van der Waals surface area contributed by atoms with Crippen LogP contribution >= 0.6 is 11.3 Å². The molecule has 0 bridgehead atoms. The number of carbonyl (C=O) groups excluding carboxylic acids is 1. The van der Waals surface area contributed by atoms with Crippen LogP contribution in [0.3, 0.4) is 0 Å². The Kier molecular flexibility index (Phi) is 10.3. The quantitative estimate of drug-likeness (QED) is 0.188. The fraction of sp³-hybridized carbons (Fsp3) is 0.353. The molecule has 44 heavy (non-hydrogen) atoms. The summed E-state index contributed by atoms with van der Waals surface area (Å²) in [6.45, 7) is 15.3. The molecule has 0 aliphatic carbocycles. The molecule has 233 valence electrons. The second-order valence-electron chi connectivity index (χ2n) is 12.5. The normalized spacial score (nSPS) is 12.4. The van der Waals surface area contributed by atoms with Gasteiger partial charge < -0.3 is 9.74 Å². The van der Waals surface area contributed by atoms with E-state index in [1.54, 1.807) is 13.8 Å². The van der Waals surface area contributed by atoms with Gasteiger partial charge in [0.2, 0.25) is 20.1 Å². The van der Waals surface area contributed by atoms with Crippen molar-refractivity contribution in [1.29, 1.82) is 0 Å². The molecule has 10 heteroatoms. The maximum atomic E-state index is 15.7. The second-order valence-corrected chi connectivity index (χ2v) is 17.7. The zero-order valence-corrected chi connectivity index (χ0v) is 29.1. The Morgan fingerprint density at radius 3 is 2.16 bits per heavy atom. The average molecular weight is 652 g/mol. The number of benzene rings is 3. The van der Waals surface area contributed by atoms with Crippen LogP contribution in [0.15, 0.2) is 76.1 Å². The van der Waals surface area contributed by atoms with Gasteiger partial charge in [-0.05, 0) is 44.8 Å². The Labute approximate surface area is 266 Å². The average Bonchev–Trinajstić information content (AvgIpc) is 3.43. The van der Waals surface area contributed by atoms with Crippen molar-refractivity contribution >= 4 is 52.2 Å². The summed E-state index contributed by atoms with van der Waals surface area (Å²) in [7, 11) is -6.01. The number of carbonyl (C=O) groups is 1. The molecule has 0 saturated carbocycles. The lowest BCUT2D eigenvalue weighted by Crippen LogP contribution is -2.44. The molecule has 0 fully saturated rings. The lowest BCUT2D eigenvalue weighted by molar-refractivity contribution is -0.114. The van der Waals surface area contributed by atoms with Crippen molar-refractivity contribution in [3.05, 3.63) is 94.2 Å². The van der Waals surface area contributed by atoms with Crippen LogP contribution in [0.5, 0.6) is 0 Å². The van der Waals surface area contributed by atoms with Crippen LogP contribution in [-0.2, 0) is 31.1 Å². The number of amides is 1. The SMILES string of the molecule is CC(=O)Nc1c(C(C)C)cc(F)c(S(=O)(=O)c2ncc(CO[Si](c3ccccc3)c3ccc(C(C)(C)C)cc3)s2)c1C(C)C. The number of halogens is 1. The first kappa shape index (κ1) is 33.7. The smallest absolute Gasteiger partial charge is 0.283 e. The van der Waals surface area contributed by atoms with E-state index in [1.807, 2.05) is 44.2 Å². The van der Waals surface area contributed by atoms with E-state index in [0.717, 1.165) is 21.7 Å². The van der Waals surface area contributed by atoms with Gasteiger partial charge in [-0.25, -0.2) is 17.8 Å². The topological polar surface area (TPSA) is 85.4 Å². The van der Waals surface area contributed by atoms with E-state index in [0.29, 0.717) is 16.1 Å². The molecular weight excluding hydrogens is 612 g/mol. The minimum absolute atomic E-state index is 0.0243. The largest absolute Gasteiger partial charge is 0.402 e. The Balaban J connectivity index is 1.69. The highest BCUT2D eigenvalue weighted by atomic mass is 32.2. The zero-order chi connectivity index (χ0) is 32.4. The van der Waals surface area contributed by atoms with E-state index < -0.39 is 35.5 Å². The predicted molar refractivity (Wildman–Crippen MR) is 178 cm³/mol. The van der Waals surface area contributed by atoms with Gasteiger partial charge in [-0.1, -0.05) is 103 Å². The van der Waals surface area contributed by atoms with Gasteiger partial charge in [-0.15, -0.1) is 11.3 Å². The van der Waals surface area contributed by atoms with E-state index >= 15 is 4.39 Å². The van der Waals surface area contributed by atoms with Crippen LogP contribution in [-0.4, -0.2) is 28.3 Å². The number of aromatic nitrogens is 1. The third-order valence-electron chi connectivity index (χ3n) is 7.24. The molecule has 0 saturated heterocycles. The molecule has 0 spiro atoms. The lowest BCUT2D eigenvalue weighted by atomic mass is 9.87. The molecule has 0 atom stereocenters. The molecule has 0 aliphatic heterocycles. The summed E-state index contributed by atoms with van der Waals surface area (Å²) in [6, 6.07) is 19.7. The van der Waals surface area contributed by atoms with E-state index in [2.05, 4.69) is 55.3 Å². The van der Waals surface area contributed by atoms with Crippen molar-refractivity contribution in [2.45, 2.75) is 88.5 Å². The standard InChI is InChI=1S/C34H40FN2O4S2Si/c1-21(2)28-18-29(35)32(30(22(3)4)31(28)37-23(5)38)43(39,40)33-36-19-25(42-33)20-41-44(26-12-10-9-11-13-26)27-16-14-24(15-17-27)34(6,7)8/h9-19,21-22H,20H2,1-8H3,(H,37,38). The van der Waals surface area contributed by atoms with Crippen LogP contribution in [0.2, 0.25) is 0 Å². The van der Waals surface area contributed by atoms with Gasteiger partial charge in [0.15, 0.2) is 0 Å². The van der Waals surface area contributed by atoms with Gasteiger partial charge >= 0.3 is 0 Å². The third kappa shape index (κ3) is 7.37. The van der Waals surface area contributed by atoms with Gasteiger partial charge in [0.1, 0.15) is 10.7 Å². The molecule has 4 aromatic rings. The Morgan fingerprint density at radius 2 is 1.61 bits per heavy atom. The molecule has 3 aromatic carbocycles. The summed E-state index contributed by atoms with van der Waals surface area (Å²) in [5, 5.41) is 4.92. The summed E-state index contributed by atoms with van der Waals surface area (Å²) >= 11 is 0.970. The first-order chi connectivity index (χ1) is 20.6. The highest BCUT2D eigenvalue weighted by Gasteiger charge is 2.34. The van der Waals surface area contributed by atoms with E-state index in [1.165, 1.54) is 24.8 Å². The maximum Gasteiger partial charge on any atom is 0.283 e. The zero-order valence-electron chi connectivity index (χ0n) is 26.5. The van der Waals surface area contributed by atoms with Gasteiger partial charge in [0.25, 0.3) is 9.04 Å². The van der Waals surface area contributed by atoms with Crippen molar-refractivity contribution in [3.8, 4) is 0 Å². The maximum absolute atomic E-state index is 15.7. The molecule has 6 nitrogen and oxygen atoms in total. The molecule has 1 aromatic heterocycles. The minimum Gasteiger partial charge on any atom is -0.402 e. The molecule has 1 heterocycles. The fourth-order valence-electron chi connectivity index (χ4n) is 5.02. The number of nitrogens with one attached hydrogen (secondary N) is 1. The Hall–Kier alpha value is -3.18. The molecule has 1 N–H and O–H groups in total. The molecule has 1 radical (unpaired) electrons. The van der Waals surface area contributed by atoms with Crippen molar-refractivity contribution in [3.63, 3.8) is 0 Å². The van der Waals surface area contributed by atoms with Crippen LogP contribution in [0.4, 0.5) is 10.1 Å². The van der Waals surface area contributed by atoms with E-state index in [9.17, 15) is 13.2 Å². The highest BCUT2D eigenvalue weighted by molar-refractivity contribution is 7.93. The number of rotatable bonds is 10. The van der Waals surface area contributed by atoms with E-state index in [-0.39, 0.29) is 33.8 Å². The van der Waals surface area contributed by atoms with Crippen LogP contribution < -0.4 is 15.7 Å². The van der Waals surface area contributed by atoms with Crippen molar-refractivity contribution < 1.29 is 22.0 Å². The van der Waals surface area contributed by atoms with Crippen molar-refractivity contribution in [1.82, 2.24) is 4.98 Å². The van der Waals surface area contributed by atoms with Gasteiger partial charge in [-0.3, -0.25) is 4.79 Å².